The molecular weight excluding hydrogens is 347 g/mol. The second kappa shape index (κ2) is 6.20. The molecule has 1 aromatic heterocycles. The molecular formula is C9H12N4NaO6S2+. The number of hydrogen-bond acceptors (Lipinski definition) is 7. The summed E-state index contributed by atoms with van der Waals surface area (Å²) in [6.07, 6.45) is 0. The molecule has 0 aliphatic carbocycles. The van der Waals surface area contributed by atoms with Crippen molar-refractivity contribution >= 4 is 27.8 Å². The first kappa shape index (κ1) is 17.9. The van der Waals surface area contributed by atoms with Crippen molar-refractivity contribution in [2.45, 2.75) is 19.1 Å². The molecule has 0 saturated carbocycles. The molecule has 2 bridgehead atoms. The molecule has 22 heavy (non-hydrogen) atoms. The molecule has 0 spiro atoms. The number of amides is 2. The summed E-state index contributed by atoms with van der Waals surface area (Å²) in [7, 11) is -5.06. The van der Waals surface area contributed by atoms with E-state index >= 15 is 0 Å². The van der Waals surface area contributed by atoms with E-state index < -0.39 is 22.5 Å². The molecule has 2 aliphatic heterocycles. The Bertz CT molecular complexity index is 759. The SMILES string of the molecule is [NH3+]CCn1c2c(sc1=O)C1CN(C2)C(=O)N1OS(=O)(=O)[O-].[Na+]. The maximum Gasteiger partial charge on any atom is 1.00 e. The van der Waals surface area contributed by atoms with Gasteiger partial charge in [0.15, 0.2) is 0 Å². The number of aromatic nitrogens is 1. The summed E-state index contributed by atoms with van der Waals surface area (Å²) in [6, 6.07) is -1.45. The quantitative estimate of drug-likeness (QED) is 0.324. The summed E-state index contributed by atoms with van der Waals surface area (Å²) in [5, 5.41) is 0.540. The Morgan fingerprint density at radius 3 is 2.68 bits per heavy atom. The Morgan fingerprint density at radius 1 is 1.41 bits per heavy atom. The molecule has 1 fully saturated rings. The van der Waals surface area contributed by atoms with E-state index in [-0.39, 0.29) is 47.5 Å². The zero-order valence-corrected chi connectivity index (χ0v) is 15.4. The van der Waals surface area contributed by atoms with Gasteiger partial charge in [-0.25, -0.2) is 13.2 Å². The van der Waals surface area contributed by atoms with Gasteiger partial charge in [-0.15, -0.1) is 0 Å². The maximum atomic E-state index is 12.0. The van der Waals surface area contributed by atoms with Crippen molar-refractivity contribution in [3.63, 3.8) is 0 Å². The molecule has 3 N–H and O–H groups in total. The molecule has 13 heteroatoms. The molecule has 2 amide bonds. The van der Waals surface area contributed by atoms with Crippen LogP contribution in [0.3, 0.4) is 0 Å². The fraction of sp³-hybridized carbons (Fsp3) is 0.556. The third-order valence-corrected chi connectivity index (χ3v) is 4.83. The third kappa shape index (κ3) is 2.97. The molecule has 2 aliphatic rings. The monoisotopic (exact) mass is 359 g/mol. The Balaban J connectivity index is 0.00000176. The fourth-order valence-electron chi connectivity index (χ4n) is 2.58. The predicted molar refractivity (Wildman–Crippen MR) is 67.5 cm³/mol. The normalized spacial score (nSPS) is 20.1. The number of quaternary nitrogens is 1. The van der Waals surface area contributed by atoms with Gasteiger partial charge >= 0.3 is 40.5 Å². The largest absolute Gasteiger partial charge is 1.00 e. The number of rotatable bonds is 4. The minimum Gasteiger partial charge on any atom is -0.724 e. The van der Waals surface area contributed by atoms with E-state index in [1.54, 1.807) is 0 Å². The van der Waals surface area contributed by atoms with Crippen molar-refractivity contribution in [2.75, 3.05) is 13.1 Å². The summed E-state index contributed by atoms with van der Waals surface area (Å²) in [4.78, 5) is 25.7. The van der Waals surface area contributed by atoms with Gasteiger partial charge in [0.2, 0.25) is 10.4 Å². The van der Waals surface area contributed by atoms with E-state index in [0.717, 1.165) is 11.3 Å². The van der Waals surface area contributed by atoms with Crippen LogP contribution in [-0.2, 0) is 27.8 Å². The van der Waals surface area contributed by atoms with Gasteiger partial charge in [0.1, 0.15) is 6.04 Å². The number of thiazole rings is 1. The van der Waals surface area contributed by atoms with Gasteiger partial charge in [0, 0.05) is 0 Å². The molecule has 3 rings (SSSR count). The molecule has 1 aromatic rings. The number of hydrogen-bond donors (Lipinski definition) is 1. The molecule has 0 aromatic carbocycles. The van der Waals surface area contributed by atoms with Gasteiger partial charge in [0.05, 0.1) is 36.8 Å². The van der Waals surface area contributed by atoms with Gasteiger partial charge < -0.3 is 15.2 Å². The van der Waals surface area contributed by atoms with Crippen LogP contribution in [0.15, 0.2) is 4.79 Å². The van der Waals surface area contributed by atoms with Crippen LogP contribution >= 0.6 is 11.3 Å². The van der Waals surface area contributed by atoms with Crippen molar-refractivity contribution in [1.82, 2.24) is 14.5 Å². The van der Waals surface area contributed by atoms with Crippen molar-refractivity contribution in [2.24, 2.45) is 0 Å². The number of carbonyl (C=O) groups is 1. The molecule has 1 saturated heterocycles. The Hall–Kier alpha value is -0.470. The van der Waals surface area contributed by atoms with Crippen LogP contribution in [0, 0.1) is 0 Å². The molecule has 1 atom stereocenters. The van der Waals surface area contributed by atoms with E-state index in [2.05, 4.69) is 10.0 Å². The average Bonchev–Trinajstić information content (AvgIpc) is 2.82. The molecule has 116 valence electrons. The van der Waals surface area contributed by atoms with Gasteiger partial charge in [-0.3, -0.25) is 9.36 Å². The zero-order valence-electron chi connectivity index (χ0n) is 11.7. The van der Waals surface area contributed by atoms with E-state index in [1.807, 2.05) is 0 Å². The van der Waals surface area contributed by atoms with Crippen LogP contribution in [0.25, 0.3) is 0 Å². The van der Waals surface area contributed by atoms with E-state index in [4.69, 9.17) is 0 Å². The van der Waals surface area contributed by atoms with E-state index in [0.29, 0.717) is 28.7 Å². The summed E-state index contributed by atoms with van der Waals surface area (Å²) < 4.78 is 38.0. The number of hydroxylamine groups is 2. The number of carbonyl (C=O) groups excluding carboxylic acids is 1. The second-order valence-corrected chi connectivity index (χ2v) is 6.63. The van der Waals surface area contributed by atoms with Crippen molar-refractivity contribution in [3.05, 3.63) is 20.2 Å². The number of fused-ring (bicyclic) bond motifs is 4. The smallest absolute Gasteiger partial charge is 0.724 e. The van der Waals surface area contributed by atoms with Gasteiger partial charge in [0.25, 0.3) is 0 Å². The first-order valence-electron chi connectivity index (χ1n) is 6.07. The summed E-state index contributed by atoms with van der Waals surface area (Å²) in [5.74, 6) is 0. The maximum absolute atomic E-state index is 12.0. The second-order valence-electron chi connectivity index (χ2n) is 4.67. The molecule has 0 radical (unpaired) electrons. The van der Waals surface area contributed by atoms with Crippen molar-refractivity contribution < 1.29 is 57.3 Å². The standard InChI is InChI=1S/C9H12N4O6S2.Na/c10-1-2-12-5-3-11-4-6(7(5)20-9(12)15)13(8(11)14)19-21(16,17)18;/h6H,1-4,10H2,(H,16,17,18);/q;+1. The van der Waals surface area contributed by atoms with Crippen molar-refractivity contribution in [1.29, 1.82) is 0 Å². The molecule has 1 unspecified atom stereocenters. The van der Waals surface area contributed by atoms with Crippen LogP contribution in [0.5, 0.6) is 0 Å². The fourth-order valence-corrected chi connectivity index (χ4v) is 4.04. The van der Waals surface area contributed by atoms with Crippen molar-refractivity contribution in [3.8, 4) is 0 Å². The minimum absolute atomic E-state index is 0. The first-order chi connectivity index (χ1) is 9.81. The van der Waals surface area contributed by atoms with Gasteiger partial charge in [-0.2, -0.15) is 9.35 Å². The topological polar surface area (TPSA) is 140 Å². The van der Waals surface area contributed by atoms with Gasteiger partial charge in [-0.1, -0.05) is 11.3 Å². The Morgan fingerprint density at radius 2 is 2.09 bits per heavy atom. The van der Waals surface area contributed by atoms with Crippen LogP contribution in [0.2, 0.25) is 0 Å². The zero-order chi connectivity index (χ0) is 15.4. The van der Waals surface area contributed by atoms with E-state index in [1.165, 1.54) is 9.47 Å². The third-order valence-electron chi connectivity index (χ3n) is 3.36. The number of nitrogens with zero attached hydrogens (tertiary/aromatic N) is 3. The van der Waals surface area contributed by atoms with E-state index in [9.17, 15) is 22.6 Å². The Kier molecular flexibility index (Phi) is 5.04. The average molecular weight is 359 g/mol. The van der Waals surface area contributed by atoms with Crippen LogP contribution < -0.4 is 40.2 Å². The molecule has 3 heterocycles. The summed E-state index contributed by atoms with van der Waals surface area (Å²) in [5.41, 5.74) is 4.34. The van der Waals surface area contributed by atoms with Crippen LogP contribution in [-0.4, -0.2) is 46.6 Å². The summed E-state index contributed by atoms with van der Waals surface area (Å²) in [6.45, 7) is 1.30. The Labute approximate surface area is 151 Å². The number of urea groups is 1. The first-order valence-corrected chi connectivity index (χ1v) is 8.22. The van der Waals surface area contributed by atoms with Crippen LogP contribution in [0.1, 0.15) is 16.6 Å². The van der Waals surface area contributed by atoms with Gasteiger partial charge in [-0.05, 0) is 0 Å². The minimum atomic E-state index is -5.06. The summed E-state index contributed by atoms with van der Waals surface area (Å²) >= 11 is 0.930. The predicted octanol–water partition coefficient (Wildman–Crippen LogP) is -5.16. The van der Waals surface area contributed by atoms with Crippen LogP contribution in [0.4, 0.5) is 4.79 Å². The molecule has 10 nitrogen and oxygen atoms in total.